The van der Waals surface area contributed by atoms with Crippen molar-refractivity contribution in [1.82, 2.24) is 10.2 Å². The van der Waals surface area contributed by atoms with Gasteiger partial charge in [-0.1, -0.05) is 12.5 Å². The second-order valence-corrected chi connectivity index (χ2v) is 10.3. The van der Waals surface area contributed by atoms with Crippen LogP contribution in [0.3, 0.4) is 0 Å². The van der Waals surface area contributed by atoms with Crippen molar-refractivity contribution in [2.45, 2.75) is 37.5 Å². The third kappa shape index (κ3) is 6.38. The molecule has 31 heavy (non-hydrogen) atoms. The molecule has 1 aromatic heterocycles. The average molecular weight is 463 g/mol. The summed E-state index contributed by atoms with van der Waals surface area (Å²) in [5.41, 5.74) is 0.321. The first-order chi connectivity index (χ1) is 14.7. The molecule has 166 valence electrons. The summed E-state index contributed by atoms with van der Waals surface area (Å²) in [6, 6.07) is 9.50. The van der Waals surface area contributed by atoms with E-state index in [0.717, 1.165) is 30.7 Å². The number of nitrogens with one attached hydrogen (secondary N) is 2. The maximum absolute atomic E-state index is 12.8. The number of benzene rings is 1. The normalized spacial score (nSPS) is 16.1. The van der Waals surface area contributed by atoms with Crippen molar-refractivity contribution >= 4 is 44.7 Å². The van der Waals surface area contributed by atoms with Gasteiger partial charge in [-0.15, -0.1) is 15.7 Å². The smallest absolute Gasteiger partial charge is 0.284 e. The van der Waals surface area contributed by atoms with Gasteiger partial charge in [0.05, 0.1) is 16.3 Å². The van der Waals surface area contributed by atoms with Crippen molar-refractivity contribution in [3.63, 3.8) is 0 Å². The van der Waals surface area contributed by atoms with E-state index < -0.39 is 15.9 Å². The number of carbonyl (C=O) groups is 2. The molecule has 1 saturated heterocycles. The Balaban J connectivity index is 1.65. The summed E-state index contributed by atoms with van der Waals surface area (Å²) in [6.45, 7) is 2.45. The van der Waals surface area contributed by atoms with E-state index in [2.05, 4.69) is 15.0 Å². The molecule has 8 nitrogen and oxygen atoms in total. The Bertz CT molecular complexity index is 1090. The molecule has 0 bridgehead atoms. The number of carbonyl (C=O) groups excluding carboxylic acids is 2. The zero-order valence-electron chi connectivity index (χ0n) is 17.6. The third-order valence-electron chi connectivity index (χ3n) is 4.85. The van der Waals surface area contributed by atoms with Gasteiger partial charge in [0.1, 0.15) is 5.84 Å². The number of likely N-dealkylation sites (tertiary alicyclic amines) is 1. The van der Waals surface area contributed by atoms with Gasteiger partial charge in [0, 0.05) is 30.6 Å². The van der Waals surface area contributed by atoms with E-state index in [9.17, 15) is 18.0 Å². The van der Waals surface area contributed by atoms with E-state index in [1.54, 1.807) is 18.2 Å². The Labute approximate surface area is 186 Å². The molecule has 2 aromatic rings. The molecule has 0 unspecified atom stereocenters. The van der Waals surface area contributed by atoms with Gasteiger partial charge in [0.15, 0.2) is 0 Å². The largest absolute Gasteiger partial charge is 0.362 e. The topological polar surface area (TPSA) is 108 Å². The van der Waals surface area contributed by atoms with E-state index in [0.29, 0.717) is 22.8 Å². The lowest BCUT2D eigenvalue weighted by atomic mass is 10.2. The van der Waals surface area contributed by atoms with E-state index in [-0.39, 0.29) is 17.3 Å². The van der Waals surface area contributed by atoms with E-state index in [4.69, 9.17) is 0 Å². The maximum atomic E-state index is 12.8. The molecule has 1 aromatic carbocycles. The molecule has 0 radical (unpaired) electrons. The fraction of sp³-hybridized carbons (Fsp3) is 0.381. The van der Waals surface area contributed by atoms with Crippen LogP contribution in [0.25, 0.3) is 0 Å². The van der Waals surface area contributed by atoms with Crippen LogP contribution in [-0.4, -0.2) is 51.1 Å². The second-order valence-electron chi connectivity index (χ2n) is 7.38. The van der Waals surface area contributed by atoms with Crippen LogP contribution in [0.15, 0.2) is 45.7 Å². The summed E-state index contributed by atoms with van der Waals surface area (Å²) < 4.78 is 29.6. The minimum Gasteiger partial charge on any atom is -0.362 e. The molecule has 1 fully saturated rings. The van der Waals surface area contributed by atoms with Crippen LogP contribution in [0.5, 0.6) is 0 Å². The van der Waals surface area contributed by atoms with Crippen molar-refractivity contribution in [2.75, 3.05) is 25.5 Å². The summed E-state index contributed by atoms with van der Waals surface area (Å²) in [5, 5.41) is 5.17. The van der Waals surface area contributed by atoms with Crippen LogP contribution < -0.4 is 10.6 Å². The maximum Gasteiger partial charge on any atom is 0.284 e. The van der Waals surface area contributed by atoms with E-state index in [1.807, 2.05) is 24.9 Å². The SMILES string of the molecule is Cc1ccc(C(=O)NCC(=O)Nc2cccc(S(=O)(=O)/N=C3\CCCCCN3C)c2)s1. The monoisotopic (exact) mass is 462 g/mol. The van der Waals surface area contributed by atoms with Crippen LogP contribution >= 0.6 is 11.3 Å². The summed E-state index contributed by atoms with van der Waals surface area (Å²) in [7, 11) is -2.05. The molecule has 2 amide bonds. The van der Waals surface area contributed by atoms with Crippen molar-refractivity contribution < 1.29 is 18.0 Å². The van der Waals surface area contributed by atoms with Crippen LogP contribution in [0.2, 0.25) is 0 Å². The molecule has 0 aliphatic carbocycles. The van der Waals surface area contributed by atoms with Gasteiger partial charge in [0.25, 0.3) is 15.9 Å². The Morgan fingerprint density at radius 1 is 1.16 bits per heavy atom. The Morgan fingerprint density at radius 2 is 1.97 bits per heavy atom. The standard InChI is InChI=1S/C21H26N4O4S2/c1-15-10-11-18(30-15)21(27)22-14-20(26)23-16-7-6-8-17(13-16)31(28,29)24-19-9-4-3-5-12-25(19)2/h6-8,10-11,13H,3-5,9,12,14H2,1-2H3,(H,22,27)(H,23,26)/b24-19+. The van der Waals surface area contributed by atoms with Gasteiger partial charge >= 0.3 is 0 Å². The minimum atomic E-state index is -3.90. The summed E-state index contributed by atoms with van der Waals surface area (Å²) in [5.74, 6) is -0.225. The molecule has 1 aliphatic rings. The quantitative estimate of drug-likeness (QED) is 0.686. The van der Waals surface area contributed by atoms with Gasteiger partial charge in [-0.05, 0) is 50.1 Å². The third-order valence-corrected chi connectivity index (χ3v) is 7.15. The summed E-state index contributed by atoms with van der Waals surface area (Å²) in [6.07, 6.45) is 3.59. The van der Waals surface area contributed by atoms with E-state index in [1.165, 1.54) is 23.5 Å². The lowest BCUT2D eigenvalue weighted by molar-refractivity contribution is -0.115. The molecule has 0 saturated carbocycles. The number of hydrogen-bond acceptors (Lipinski definition) is 5. The predicted octanol–water partition coefficient (Wildman–Crippen LogP) is 3.02. The first kappa shape index (κ1) is 23.0. The van der Waals surface area contributed by atoms with Crippen molar-refractivity contribution in [3.05, 3.63) is 46.2 Å². The fourth-order valence-corrected chi connectivity index (χ4v) is 5.10. The highest BCUT2D eigenvalue weighted by Crippen LogP contribution is 2.20. The van der Waals surface area contributed by atoms with Gasteiger partial charge in [0.2, 0.25) is 5.91 Å². The lowest BCUT2D eigenvalue weighted by Crippen LogP contribution is -2.32. The zero-order chi connectivity index (χ0) is 22.4. The molecular formula is C21H26N4O4S2. The fourth-order valence-electron chi connectivity index (χ4n) is 3.18. The molecule has 2 N–H and O–H groups in total. The Hall–Kier alpha value is -2.72. The first-order valence-electron chi connectivity index (χ1n) is 10.0. The van der Waals surface area contributed by atoms with Crippen molar-refractivity contribution in [2.24, 2.45) is 4.40 Å². The van der Waals surface area contributed by atoms with E-state index >= 15 is 0 Å². The van der Waals surface area contributed by atoms with Gasteiger partial charge in [-0.25, -0.2) is 0 Å². The number of aryl methyl sites for hydroxylation is 1. The second kappa shape index (κ2) is 10.1. The Kier molecular flexibility index (Phi) is 7.45. The van der Waals surface area contributed by atoms with Crippen LogP contribution in [-0.2, 0) is 14.8 Å². The average Bonchev–Trinajstić information content (AvgIpc) is 3.07. The number of hydrogen-bond donors (Lipinski definition) is 2. The van der Waals surface area contributed by atoms with Gasteiger partial charge in [-0.2, -0.15) is 8.42 Å². The highest BCUT2D eigenvalue weighted by Gasteiger charge is 2.19. The molecule has 1 aliphatic heterocycles. The van der Waals surface area contributed by atoms with Gasteiger partial charge < -0.3 is 15.5 Å². The summed E-state index contributed by atoms with van der Waals surface area (Å²) in [4.78, 5) is 27.7. The van der Waals surface area contributed by atoms with Crippen LogP contribution in [0.4, 0.5) is 5.69 Å². The zero-order valence-corrected chi connectivity index (χ0v) is 19.2. The highest BCUT2D eigenvalue weighted by atomic mass is 32.2. The molecule has 3 rings (SSSR count). The molecular weight excluding hydrogens is 436 g/mol. The number of sulfonamides is 1. The summed E-state index contributed by atoms with van der Waals surface area (Å²) >= 11 is 1.35. The minimum absolute atomic E-state index is 0.00791. The predicted molar refractivity (Wildman–Crippen MR) is 122 cm³/mol. The lowest BCUT2D eigenvalue weighted by Gasteiger charge is -2.17. The number of amides is 2. The highest BCUT2D eigenvalue weighted by molar-refractivity contribution is 7.90. The number of rotatable bonds is 6. The number of nitrogens with zero attached hydrogens (tertiary/aromatic N) is 2. The molecule has 0 atom stereocenters. The van der Waals surface area contributed by atoms with Crippen LogP contribution in [0.1, 0.15) is 40.2 Å². The van der Waals surface area contributed by atoms with Crippen molar-refractivity contribution in [3.8, 4) is 0 Å². The molecule has 0 spiro atoms. The number of thiophene rings is 1. The molecule has 10 heteroatoms. The number of amidine groups is 1. The molecule has 2 heterocycles. The first-order valence-corrected chi connectivity index (χ1v) is 12.3. The van der Waals surface area contributed by atoms with Crippen molar-refractivity contribution in [1.29, 1.82) is 0 Å². The van der Waals surface area contributed by atoms with Gasteiger partial charge in [-0.3, -0.25) is 9.59 Å². The van der Waals surface area contributed by atoms with Crippen LogP contribution in [0, 0.1) is 6.92 Å². The number of anilines is 1. The Morgan fingerprint density at radius 3 is 2.71 bits per heavy atom.